The number of rotatable bonds is 3. The molecule has 2 atom stereocenters. The van der Waals surface area contributed by atoms with E-state index in [-0.39, 0.29) is 23.4 Å². The number of esters is 1. The van der Waals surface area contributed by atoms with Crippen LogP contribution in [0, 0.1) is 42.4 Å². The predicted octanol–water partition coefficient (Wildman–Crippen LogP) is 4.21. The number of nitrogens with zero attached hydrogens (tertiary/aromatic N) is 1. The lowest BCUT2D eigenvalue weighted by Gasteiger charge is -2.61. The van der Waals surface area contributed by atoms with Gasteiger partial charge in [0.1, 0.15) is 6.07 Å². The van der Waals surface area contributed by atoms with Gasteiger partial charge in [0, 0.05) is 0 Å². The molecule has 4 aliphatic rings. The molecule has 0 unspecified atom stereocenters. The first-order valence-electron chi connectivity index (χ1n) is 9.08. The second-order valence-electron chi connectivity index (χ2n) is 8.55. The van der Waals surface area contributed by atoms with Gasteiger partial charge in [-0.05, 0) is 86.3 Å². The number of ether oxygens (including phenoxy) is 1. The van der Waals surface area contributed by atoms with Gasteiger partial charge in [-0.2, -0.15) is 5.26 Å². The minimum absolute atomic E-state index is 0.118. The van der Waals surface area contributed by atoms with Crippen molar-refractivity contribution in [2.24, 2.45) is 17.3 Å². The Morgan fingerprint density at radius 3 is 2.54 bits per heavy atom. The first-order chi connectivity index (χ1) is 11.5. The van der Waals surface area contributed by atoms with Crippen molar-refractivity contribution in [3.63, 3.8) is 0 Å². The molecule has 0 N–H and O–H groups in total. The molecule has 0 aromatic heterocycles. The molecule has 0 aliphatic heterocycles. The maximum Gasteiger partial charge on any atom is 0.313 e. The monoisotopic (exact) mass is 323 g/mol. The normalized spacial score (nSPS) is 36.4. The van der Waals surface area contributed by atoms with Gasteiger partial charge in [0.2, 0.25) is 0 Å². The van der Waals surface area contributed by atoms with E-state index in [1.807, 2.05) is 6.07 Å². The molecule has 0 spiro atoms. The average Bonchev–Trinajstić information content (AvgIpc) is 2.53. The zero-order valence-corrected chi connectivity index (χ0v) is 14.6. The topological polar surface area (TPSA) is 50.1 Å². The first kappa shape index (κ1) is 15.7. The van der Waals surface area contributed by atoms with Gasteiger partial charge in [0.05, 0.1) is 5.41 Å². The Bertz CT molecular complexity index is 716. The Kier molecular flexibility index (Phi) is 3.49. The van der Waals surface area contributed by atoms with Crippen LogP contribution in [0.1, 0.15) is 55.2 Å². The van der Waals surface area contributed by atoms with E-state index in [4.69, 9.17) is 10.00 Å². The first-order valence-corrected chi connectivity index (χ1v) is 9.08. The fraction of sp³-hybridized carbons (Fsp3) is 0.619. The summed E-state index contributed by atoms with van der Waals surface area (Å²) in [6.07, 6.45) is 6.50. The second-order valence-corrected chi connectivity index (χ2v) is 8.55. The lowest BCUT2D eigenvalue weighted by atomic mass is 9.43. The minimum atomic E-state index is -0.347. The number of carbonyl (C=O) groups is 1. The van der Waals surface area contributed by atoms with Crippen LogP contribution in [0.2, 0.25) is 0 Å². The van der Waals surface area contributed by atoms with Crippen LogP contribution in [0.15, 0.2) is 18.2 Å². The van der Waals surface area contributed by atoms with Crippen molar-refractivity contribution in [2.45, 2.75) is 57.8 Å². The second kappa shape index (κ2) is 5.34. The molecule has 1 aromatic carbocycles. The van der Waals surface area contributed by atoms with Gasteiger partial charge in [0.15, 0.2) is 6.61 Å². The van der Waals surface area contributed by atoms with E-state index in [9.17, 15) is 4.79 Å². The van der Waals surface area contributed by atoms with E-state index in [0.717, 1.165) is 19.3 Å². The zero-order valence-electron chi connectivity index (χ0n) is 14.6. The third-order valence-corrected chi connectivity index (χ3v) is 6.88. The molecular weight excluding hydrogens is 298 g/mol. The van der Waals surface area contributed by atoms with E-state index in [2.05, 4.69) is 32.0 Å². The predicted molar refractivity (Wildman–Crippen MR) is 91.3 cm³/mol. The fourth-order valence-corrected chi connectivity index (χ4v) is 6.16. The maximum atomic E-state index is 12.8. The van der Waals surface area contributed by atoms with Crippen LogP contribution in [0.25, 0.3) is 0 Å². The van der Waals surface area contributed by atoms with Gasteiger partial charge in [-0.15, -0.1) is 0 Å². The maximum absolute atomic E-state index is 12.8. The van der Waals surface area contributed by atoms with Crippen LogP contribution in [0.3, 0.4) is 0 Å². The van der Waals surface area contributed by atoms with Crippen molar-refractivity contribution < 1.29 is 9.53 Å². The summed E-state index contributed by atoms with van der Waals surface area (Å²) in [4.78, 5) is 12.8. The molecule has 4 fully saturated rings. The summed E-state index contributed by atoms with van der Waals surface area (Å²) in [6.45, 7) is 4.21. The summed E-state index contributed by atoms with van der Waals surface area (Å²) in [5.74, 6) is 1.14. The molecular formula is C21H25NO2. The Labute approximate surface area is 144 Å². The Balaban J connectivity index is 1.71. The Morgan fingerprint density at radius 2 is 1.92 bits per heavy atom. The Morgan fingerprint density at radius 1 is 1.21 bits per heavy atom. The summed E-state index contributed by atoms with van der Waals surface area (Å²) >= 11 is 0. The van der Waals surface area contributed by atoms with Crippen LogP contribution < -0.4 is 0 Å². The summed E-state index contributed by atoms with van der Waals surface area (Å²) < 4.78 is 5.30. The summed E-state index contributed by atoms with van der Waals surface area (Å²) in [5, 5.41) is 8.75. The van der Waals surface area contributed by atoms with E-state index in [0.29, 0.717) is 11.8 Å². The number of hydrogen-bond acceptors (Lipinski definition) is 3. The van der Waals surface area contributed by atoms with E-state index < -0.39 is 0 Å². The third-order valence-electron chi connectivity index (χ3n) is 6.88. The highest BCUT2D eigenvalue weighted by Gasteiger charge is 2.61. The fourth-order valence-electron chi connectivity index (χ4n) is 6.16. The molecule has 0 saturated heterocycles. The van der Waals surface area contributed by atoms with Crippen LogP contribution in [-0.2, 0) is 14.9 Å². The average molecular weight is 323 g/mol. The van der Waals surface area contributed by atoms with Crippen molar-refractivity contribution in [3.05, 3.63) is 34.9 Å². The third kappa shape index (κ3) is 2.27. The van der Waals surface area contributed by atoms with Gasteiger partial charge in [-0.1, -0.05) is 18.2 Å². The summed E-state index contributed by atoms with van der Waals surface area (Å²) in [6, 6.07) is 8.79. The zero-order chi connectivity index (χ0) is 16.9. The van der Waals surface area contributed by atoms with Crippen molar-refractivity contribution in [3.8, 4) is 6.07 Å². The van der Waals surface area contributed by atoms with Crippen molar-refractivity contribution >= 4 is 5.97 Å². The molecule has 4 aliphatic carbocycles. The highest BCUT2D eigenvalue weighted by Crippen LogP contribution is 2.66. The van der Waals surface area contributed by atoms with E-state index in [1.54, 1.807) is 0 Å². The van der Waals surface area contributed by atoms with Crippen LogP contribution >= 0.6 is 0 Å². The molecule has 3 nitrogen and oxygen atoms in total. The quantitative estimate of drug-likeness (QED) is 0.783. The number of carbonyl (C=O) groups excluding carboxylic acids is 1. The van der Waals surface area contributed by atoms with Crippen molar-refractivity contribution in [2.75, 3.05) is 6.61 Å². The molecule has 4 saturated carbocycles. The summed E-state index contributed by atoms with van der Waals surface area (Å²) in [5.41, 5.74) is 3.86. The number of benzene rings is 1. The molecule has 5 rings (SSSR count). The molecule has 1 aromatic rings. The lowest BCUT2D eigenvalue weighted by molar-refractivity contribution is -0.172. The number of nitriles is 1. The highest BCUT2D eigenvalue weighted by molar-refractivity contribution is 5.78. The lowest BCUT2D eigenvalue weighted by Crippen LogP contribution is -2.57. The molecule has 0 amide bonds. The van der Waals surface area contributed by atoms with Crippen molar-refractivity contribution in [1.29, 1.82) is 5.26 Å². The van der Waals surface area contributed by atoms with E-state index in [1.165, 1.54) is 36.0 Å². The molecule has 24 heavy (non-hydrogen) atoms. The molecule has 126 valence electrons. The minimum Gasteiger partial charge on any atom is -0.450 e. The van der Waals surface area contributed by atoms with Crippen LogP contribution in [0.4, 0.5) is 0 Å². The van der Waals surface area contributed by atoms with Crippen LogP contribution in [0.5, 0.6) is 0 Å². The van der Waals surface area contributed by atoms with Crippen molar-refractivity contribution in [1.82, 2.24) is 0 Å². The molecule has 3 heteroatoms. The molecule has 0 radical (unpaired) electrons. The smallest absolute Gasteiger partial charge is 0.313 e. The molecule has 4 bridgehead atoms. The highest BCUT2D eigenvalue weighted by atomic mass is 16.5. The number of hydrogen-bond donors (Lipinski definition) is 0. The van der Waals surface area contributed by atoms with E-state index >= 15 is 0 Å². The van der Waals surface area contributed by atoms with Gasteiger partial charge < -0.3 is 4.74 Å². The van der Waals surface area contributed by atoms with Gasteiger partial charge in [0.25, 0.3) is 0 Å². The van der Waals surface area contributed by atoms with Crippen LogP contribution in [-0.4, -0.2) is 12.6 Å². The van der Waals surface area contributed by atoms with Gasteiger partial charge >= 0.3 is 5.97 Å². The Hall–Kier alpha value is -1.82. The summed E-state index contributed by atoms with van der Waals surface area (Å²) in [7, 11) is 0. The largest absolute Gasteiger partial charge is 0.450 e. The standard InChI is InChI=1S/C21H25NO2/c1-14-3-4-18(7-15(14)2)20-9-16-8-17(10-20)12-21(11-16,13-20)19(23)24-6-5-22/h3-4,7,16-17H,6,8-13H2,1-2H3/t16-,17-,20?,21?/m1/s1. The molecule has 0 heterocycles. The number of aryl methyl sites for hydroxylation is 2. The van der Waals surface area contributed by atoms with Gasteiger partial charge in [-0.3, -0.25) is 4.79 Å². The van der Waals surface area contributed by atoms with Gasteiger partial charge in [-0.25, -0.2) is 0 Å². The SMILES string of the molecule is Cc1ccc(C23C[C@H]4C[C@@H](CC(C(=O)OCC#N)(C4)C2)C3)cc1C.